The van der Waals surface area contributed by atoms with Crippen LogP contribution in [0.4, 0.5) is 0 Å². The maximum atomic E-state index is 6.03. The van der Waals surface area contributed by atoms with E-state index in [0.29, 0.717) is 6.04 Å². The van der Waals surface area contributed by atoms with Gasteiger partial charge in [-0.05, 0) is 32.2 Å². The molecular formula is C12H23NO. The first kappa shape index (κ1) is 10.4. The zero-order chi connectivity index (χ0) is 9.86. The van der Waals surface area contributed by atoms with Crippen molar-refractivity contribution in [2.24, 2.45) is 0 Å². The van der Waals surface area contributed by atoms with Crippen LogP contribution >= 0.6 is 0 Å². The van der Waals surface area contributed by atoms with Crippen molar-refractivity contribution in [1.82, 2.24) is 5.32 Å². The summed E-state index contributed by atoms with van der Waals surface area (Å²) in [6.07, 6.45) is 9.16. The maximum absolute atomic E-state index is 6.03. The minimum absolute atomic E-state index is 0.230. The Labute approximate surface area is 87.4 Å². The largest absolute Gasteiger partial charge is 0.373 e. The van der Waals surface area contributed by atoms with Gasteiger partial charge in [-0.1, -0.05) is 26.2 Å². The monoisotopic (exact) mass is 197 g/mol. The summed E-state index contributed by atoms with van der Waals surface area (Å²) in [6.45, 7) is 4.35. The van der Waals surface area contributed by atoms with E-state index in [1.54, 1.807) is 0 Å². The fourth-order valence-electron chi connectivity index (χ4n) is 2.99. The standard InChI is InChI=1S/C12H23NO/c1-2-9-13-11-6-10-14-12(11)7-4-3-5-8-12/h11,13H,2-10H2,1H3. The average Bonchev–Trinajstić information content (AvgIpc) is 2.59. The molecule has 0 aromatic heterocycles. The molecule has 1 aliphatic heterocycles. The third kappa shape index (κ3) is 1.96. The Morgan fingerprint density at radius 2 is 2.07 bits per heavy atom. The summed E-state index contributed by atoms with van der Waals surface area (Å²) >= 11 is 0. The van der Waals surface area contributed by atoms with E-state index in [4.69, 9.17) is 4.74 Å². The van der Waals surface area contributed by atoms with Gasteiger partial charge in [0, 0.05) is 12.6 Å². The van der Waals surface area contributed by atoms with Gasteiger partial charge in [-0.2, -0.15) is 0 Å². The normalized spacial score (nSPS) is 31.1. The van der Waals surface area contributed by atoms with Gasteiger partial charge < -0.3 is 10.1 Å². The lowest BCUT2D eigenvalue weighted by Crippen LogP contribution is -2.49. The number of hydrogen-bond acceptors (Lipinski definition) is 2. The molecule has 0 bridgehead atoms. The summed E-state index contributed by atoms with van der Waals surface area (Å²) in [5.74, 6) is 0. The Morgan fingerprint density at radius 3 is 2.79 bits per heavy atom. The first-order chi connectivity index (χ1) is 6.87. The van der Waals surface area contributed by atoms with E-state index in [9.17, 15) is 0 Å². The summed E-state index contributed by atoms with van der Waals surface area (Å²) in [6, 6.07) is 0.641. The third-order valence-corrected chi connectivity index (χ3v) is 3.77. The van der Waals surface area contributed by atoms with Crippen LogP contribution in [0.3, 0.4) is 0 Å². The van der Waals surface area contributed by atoms with Gasteiger partial charge in [0.25, 0.3) is 0 Å². The van der Waals surface area contributed by atoms with Crippen LogP contribution in [0.25, 0.3) is 0 Å². The molecule has 14 heavy (non-hydrogen) atoms. The molecule has 2 rings (SSSR count). The van der Waals surface area contributed by atoms with Crippen LogP contribution in [-0.2, 0) is 4.74 Å². The molecule has 1 spiro atoms. The molecule has 1 saturated carbocycles. The van der Waals surface area contributed by atoms with Crippen molar-refractivity contribution in [2.45, 2.75) is 63.5 Å². The quantitative estimate of drug-likeness (QED) is 0.750. The molecule has 1 N–H and O–H groups in total. The Bertz CT molecular complexity index is 175. The summed E-state index contributed by atoms with van der Waals surface area (Å²) in [5.41, 5.74) is 0.230. The number of hydrogen-bond donors (Lipinski definition) is 1. The van der Waals surface area contributed by atoms with Crippen molar-refractivity contribution in [3.05, 3.63) is 0 Å². The fraction of sp³-hybridized carbons (Fsp3) is 1.00. The van der Waals surface area contributed by atoms with Crippen molar-refractivity contribution in [1.29, 1.82) is 0 Å². The zero-order valence-electron chi connectivity index (χ0n) is 9.35. The van der Waals surface area contributed by atoms with E-state index in [-0.39, 0.29) is 5.60 Å². The van der Waals surface area contributed by atoms with E-state index in [2.05, 4.69) is 12.2 Å². The Hall–Kier alpha value is -0.0800. The molecule has 0 aromatic rings. The van der Waals surface area contributed by atoms with Gasteiger partial charge in [0.1, 0.15) is 0 Å². The van der Waals surface area contributed by atoms with Crippen LogP contribution in [0.5, 0.6) is 0 Å². The topological polar surface area (TPSA) is 21.3 Å². The molecule has 2 heteroatoms. The number of nitrogens with one attached hydrogen (secondary N) is 1. The van der Waals surface area contributed by atoms with Gasteiger partial charge in [-0.15, -0.1) is 0 Å². The first-order valence-electron chi connectivity index (χ1n) is 6.25. The smallest absolute Gasteiger partial charge is 0.0835 e. The molecule has 1 heterocycles. The van der Waals surface area contributed by atoms with Crippen LogP contribution in [-0.4, -0.2) is 24.8 Å². The lowest BCUT2D eigenvalue weighted by molar-refractivity contribution is -0.0385. The Morgan fingerprint density at radius 1 is 1.29 bits per heavy atom. The third-order valence-electron chi connectivity index (χ3n) is 3.77. The van der Waals surface area contributed by atoms with Crippen LogP contribution in [0, 0.1) is 0 Å². The highest BCUT2D eigenvalue weighted by atomic mass is 16.5. The first-order valence-corrected chi connectivity index (χ1v) is 6.25. The van der Waals surface area contributed by atoms with E-state index < -0.39 is 0 Å². The van der Waals surface area contributed by atoms with Crippen LogP contribution < -0.4 is 5.32 Å². The summed E-state index contributed by atoms with van der Waals surface area (Å²) in [4.78, 5) is 0. The van der Waals surface area contributed by atoms with E-state index in [1.165, 1.54) is 44.9 Å². The summed E-state index contributed by atoms with van der Waals surface area (Å²) in [5, 5.41) is 3.67. The predicted octanol–water partition coefficient (Wildman–Crippen LogP) is 2.48. The lowest BCUT2D eigenvalue weighted by Gasteiger charge is -2.38. The second kappa shape index (κ2) is 4.63. The van der Waals surface area contributed by atoms with E-state index >= 15 is 0 Å². The second-order valence-corrected chi connectivity index (χ2v) is 4.77. The molecule has 1 saturated heterocycles. The molecule has 2 fully saturated rings. The van der Waals surface area contributed by atoms with Gasteiger partial charge in [-0.3, -0.25) is 0 Å². The molecule has 1 aliphatic carbocycles. The number of ether oxygens (including phenoxy) is 1. The molecule has 1 atom stereocenters. The fourth-order valence-corrected chi connectivity index (χ4v) is 2.99. The highest BCUT2D eigenvalue weighted by Crippen LogP contribution is 2.39. The van der Waals surface area contributed by atoms with E-state index in [1.807, 2.05) is 0 Å². The summed E-state index contributed by atoms with van der Waals surface area (Å²) in [7, 11) is 0. The molecule has 82 valence electrons. The van der Waals surface area contributed by atoms with Crippen molar-refractivity contribution in [3.63, 3.8) is 0 Å². The lowest BCUT2D eigenvalue weighted by atomic mass is 9.79. The van der Waals surface area contributed by atoms with Crippen LogP contribution in [0.2, 0.25) is 0 Å². The Kier molecular flexibility index (Phi) is 3.45. The highest BCUT2D eigenvalue weighted by molar-refractivity contribution is 4.98. The van der Waals surface area contributed by atoms with Crippen molar-refractivity contribution in [3.8, 4) is 0 Å². The van der Waals surface area contributed by atoms with Gasteiger partial charge in [0.15, 0.2) is 0 Å². The van der Waals surface area contributed by atoms with Gasteiger partial charge >= 0.3 is 0 Å². The molecule has 2 aliphatic rings. The number of rotatable bonds is 3. The molecule has 1 unspecified atom stereocenters. The Balaban J connectivity index is 1.93. The SMILES string of the molecule is CCCNC1CCOC12CCCCC2. The molecule has 0 aromatic carbocycles. The van der Waals surface area contributed by atoms with Gasteiger partial charge in [-0.25, -0.2) is 0 Å². The summed E-state index contributed by atoms with van der Waals surface area (Å²) < 4.78 is 6.03. The maximum Gasteiger partial charge on any atom is 0.0835 e. The van der Waals surface area contributed by atoms with Crippen molar-refractivity contribution in [2.75, 3.05) is 13.2 Å². The minimum Gasteiger partial charge on any atom is -0.373 e. The molecule has 0 radical (unpaired) electrons. The molecule has 0 amide bonds. The van der Waals surface area contributed by atoms with Crippen LogP contribution in [0.15, 0.2) is 0 Å². The highest BCUT2D eigenvalue weighted by Gasteiger charge is 2.44. The van der Waals surface area contributed by atoms with Gasteiger partial charge in [0.05, 0.1) is 5.60 Å². The average molecular weight is 197 g/mol. The second-order valence-electron chi connectivity index (χ2n) is 4.77. The van der Waals surface area contributed by atoms with E-state index in [0.717, 1.165) is 13.2 Å². The molecule has 2 nitrogen and oxygen atoms in total. The minimum atomic E-state index is 0.230. The van der Waals surface area contributed by atoms with Gasteiger partial charge in [0.2, 0.25) is 0 Å². The predicted molar refractivity (Wildman–Crippen MR) is 58.5 cm³/mol. The van der Waals surface area contributed by atoms with Crippen LogP contribution in [0.1, 0.15) is 51.9 Å². The zero-order valence-corrected chi connectivity index (χ0v) is 9.35. The van der Waals surface area contributed by atoms with Crippen molar-refractivity contribution >= 4 is 0 Å². The van der Waals surface area contributed by atoms with Crippen molar-refractivity contribution < 1.29 is 4.74 Å². The molecular weight excluding hydrogens is 174 g/mol.